The molecule has 20 heavy (non-hydrogen) atoms. The molecule has 0 aliphatic carbocycles. The van der Waals surface area contributed by atoms with E-state index in [0.29, 0.717) is 12.3 Å². The molecular weight excluding hydrogens is 250 g/mol. The van der Waals surface area contributed by atoms with Gasteiger partial charge in [0.1, 0.15) is 18.1 Å². The van der Waals surface area contributed by atoms with Crippen LogP contribution >= 0.6 is 0 Å². The van der Waals surface area contributed by atoms with Gasteiger partial charge in [-0.15, -0.1) is 0 Å². The molecule has 0 aliphatic rings. The number of hydrogen-bond acceptors (Lipinski definition) is 3. The Balaban J connectivity index is 2.21. The minimum Gasteiger partial charge on any atom is -0.496 e. The van der Waals surface area contributed by atoms with Gasteiger partial charge >= 0.3 is 0 Å². The van der Waals surface area contributed by atoms with Crippen molar-refractivity contribution in [3.05, 3.63) is 52.6 Å². The van der Waals surface area contributed by atoms with E-state index in [1.807, 2.05) is 18.2 Å². The Morgan fingerprint density at radius 3 is 2.45 bits per heavy atom. The minimum absolute atomic E-state index is 0.465. The zero-order valence-corrected chi connectivity index (χ0v) is 12.5. The number of methoxy groups -OCH3 is 1. The first-order valence-electron chi connectivity index (χ1n) is 6.64. The van der Waals surface area contributed by atoms with Crippen LogP contribution in [-0.2, 0) is 6.61 Å². The number of benzene rings is 2. The van der Waals surface area contributed by atoms with Crippen LogP contribution in [0.1, 0.15) is 22.3 Å². The maximum atomic E-state index is 5.95. The Kier molecular flexibility index (Phi) is 4.18. The van der Waals surface area contributed by atoms with E-state index >= 15 is 0 Å². The Labute approximate surface area is 120 Å². The summed E-state index contributed by atoms with van der Waals surface area (Å²) in [5, 5.41) is 0. The standard InChI is InChI=1S/C17H21NO2/c1-11-7-12(2)13(3)16(8-11)20-10-14-5-6-15(18)9-17(14)19-4/h5-9H,10,18H2,1-4H3. The fourth-order valence-corrected chi connectivity index (χ4v) is 2.19. The van der Waals surface area contributed by atoms with Crippen LogP contribution in [0.2, 0.25) is 0 Å². The van der Waals surface area contributed by atoms with Gasteiger partial charge in [0.25, 0.3) is 0 Å². The number of rotatable bonds is 4. The van der Waals surface area contributed by atoms with Gasteiger partial charge in [0.2, 0.25) is 0 Å². The molecule has 2 aromatic carbocycles. The van der Waals surface area contributed by atoms with E-state index in [1.165, 1.54) is 16.7 Å². The van der Waals surface area contributed by atoms with Crippen molar-refractivity contribution in [2.24, 2.45) is 0 Å². The number of nitrogen functional groups attached to an aromatic ring is 1. The van der Waals surface area contributed by atoms with Gasteiger partial charge in [0.05, 0.1) is 7.11 Å². The van der Waals surface area contributed by atoms with Crippen LogP contribution in [0.25, 0.3) is 0 Å². The zero-order valence-electron chi connectivity index (χ0n) is 12.5. The molecule has 2 aromatic rings. The molecule has 3 nitrogen and oxygen atoms in total. The third-order valence-electron chi connectivity index (χ3n) is 3.46. The first-order valence-corrected chi connectivity index (χ1v) is 6.64. The third kappa shape index (κ3) is 3.05. The van der Waals surface area contributed by atoms with Crippen LogP contribution in [0, 0.1) is 20.8 Å². The molecular formula is C17H21NO2. The second-order valence-corrected chi connectivity index (χ2v) is 5.06. The summed E-state index contributed by atoms with van der Waals surface area (Å²) >= 11 is 0. The second kappa shape index (κ2) is 5.87. The number of anilines is 1. The van der Waals surface area contributed by atoms with Crippen LogP contribution in [0.5, 0.6) is 11.5 Å². The van der Waals surface area contributed by atoms with Crippen LogP contribution in [0.4, 0.5) is 5.69 Å². The topological polar surface area (TPSA) is 44.5 Å². The number of ether oxygens (including phenoxy) is 2. The van der Waals surface area contributed by atoms with Crippen molar-refractivity contribution in [1.29, 1.82) is 0 Å². The largest absolute Gasteiger partial charge is 0.496 e. The Bertz CT molecular complexity index is 621. The van der Waals surface area contributed by atoms with Gasteiger partial charge < -0.3 is 15.2 Å². The van der Waals surface area contributed by atoms with E-state index in [4.69, 9.17) is 15.2 Å². The molecule has 0 aromatic heterocycles. The third-order valence-corrected chi connectivity index (χ3v) is 3.46. The van der Waals surface area contributed by atoms with Gasteiger partial charge in [-0.1, -0.05) is 6.07 Å². The maximum Gasteiger partial charge on any atom is 0.127 e. The van der Waals surface area contributed by atoms with Crippen LogP contribution < -0.4 is 15.2 Å². The highest BCUT2D eigenvalue weighted by Gasteiger charge is 2.07. The summed E-state index contributed by atoms with van der Waals surface area (Å²) in [6.07, 6.45) is 0. The van der Waals surface area contributed by atoms with Crippen molar-refractivity contribution in [3.63, 3.8) is 0 Å². The first kappa shape index (κ1) is 14.3. The molecule has 0 heterocycles. The normalized spacial score (nSPS) is 10.4. The average molecular weight is 271 g/mol. The van der Waals surface area contributed by atoms with E-state index in [0.717, 1.165) is 17.1 Å². The van der Waals surface area contributed by atoms with Gasteiger partial charge in [-0.2, -0.15) is 0 Å². The van der Waals surface area contributed by atoms with E-state index in [2.05, 4.69) is 32.9 Å². The summed E-state index contributed by atoms with van der Waals surface area (Å²) in [7, 11) is 1.64. The lowest BCUT2D eigenvalue weighted by Gasteiger charge is -2.14. The predicted octanol–water partition coefficient (Wildman–Crippen LogP) is 3.78. The molecule has 2 rings (SSSR count). The van der Waals surface area contributed by atoms with E-state index in [1.54, 1.807) is 7.11 Å². The van der Waals surface area contributed by atoms with E-state index < -0.39 is 0 Å². The van der Waals surface area contributed by atoms with Gasteiger partial charge in [-0.3, -0.25) is 0 Å². The average Bonchev–Trinajstić information content (AvgIpc) is 2.42. The van der Waals surface area contributed by atoms with Crippen molar-refractivity contribution in [3.8, 4) is 11.5 Å². The van der Waals surface area contributed by atoms with E-state index in [9.17, 15) is 0 Å². The van der Waals surface area contributed by atoms with Crippen LogP contribution in [0.15, 0.2) is 30.3 Å². The molecule has 0 amide bonds. The Hall–Kier alpha value is -2.16. The SMILES string of the molecule is COc1cc(N)ccc1COc1cc(C)cc(C)c1C. The molecule has 0 aliphatic heterocycles. The zero-order chi connectivity index (χ0) is 14.7. The first-order chi connectivity index (χ1) is 9.51. The molecule has 0 spiro atoms. The summed E-state index contributed by atoms with van der Waals surface area (Å²) < 4.78 is 11.3. The fraction of sp³-hybridized carbons (Fsp3) is 0.294. The van der Waals surface area contributed by atoms with Crippen LogP contribution in [-0.4, -0.2) is 7.11 Å². The summed E-state index contributed by atoms with van der Waals surface area (Å²) in [5.41, 5.74) is 11.0. The molecule has 106 valence electrons. The molecule has 0 fully saturated rings. The van der Waals surface area contributed by atoms with Crippen molar-refractivity contribution in [1.82, 2.24) is 0 Å². The monoisotopic (exact) mass is 271 g/mol. The van der Waals surface area contributed by atoms with E-state index in [-0.39, 0.29) is 0 Å². The van der Waals surface area contributed by atoms with Gasteiger partial charge in [-0.05, 0) is 55.7 Å². The summed E-state index contributed by atoms with van der Waals surface area (Å²) in [6.45, 7) is 6.71. The quantitative estimate of drug-likeness (QED) is 0.861. The van der Waals surface area contributed by atoms with Crippen LogP contribution in [0.3, 0.4) is 0 Å². The molecule has 2 N–H and O–H groups in total. The molecule has 0 saturated carbocycles. The highest BCUT2D eigenvalue weighted by Crippen LogP contribution is 2.27. The smallest absolute Gasteiger partial charge is 0.127 e. The van der Waals surface area contributed by atoms with Gasteiger partial charge in [0, 0.05) is 17.3 Å². The lowest BCUT2D eigenvalue weighted by atomic mass is 10.1. The second-order valence-electron chi connectivity index (χ2n) is 5.06. The van der Waals surface area contributed by atoms with Crippen molar-refractivity contribution in [2.75, 3.05) is 12.8 Å². The van der Waals surface area contributed by atoms with Crippen molar-refractivity contribution in [2.45, 2.75) is 27.4 Å². The van der Waals surface area contributed by atoms with Gasteiger partial charge in [-0.25, -0.2) is 0 Å². The predicted molar refractivity (Wildman–Crippen MR) is 82.4 cm³/mol. The molecule has 3 heteroatoms. The summed E-state index contributed by atoms with van der Waals surface area (Å²) in [6, 6.07) is 9.83. The lowest BCUT2D eigenvalue weighted by Crippen LogP contribution is -2.01. The van der Waals surface area contributed by atoms with Crippen molar-refractivity contribution >= 4 is 5.69 Å². The highest BCUT2D eigenvalue weighted by atomic mass is 16.5. The lowest BCUT2D eigenvalue weighted by molar-refractivity contribution is 0.294. The number of aryl methyl sites for hydroxylation is 2. The Morgan fingerprint density at radius 2 is 1.75 bits per heavy atom. The Morgan fingerprint density at radius 1 is 1.00 bits per heavy atom. The molecule has 0 radical (unpaired) electrons. The maximum absolute atomic E-state index is 5.95. The highest BCUT2D eigenvalue weighted by molar-refractivity contribution is 5.48. The molecule has 0 bridgehead atoms. The van der Waals surface area contributed by atoms with Crippen molar-refractivity contribution < 1.29 is 9.47 Å². The molecule has 0 saturated heterocycles. The molecule has 0 atom stereocenters. The summed E-state index contributed by atoms with van der Waals surface area (Å²) in [5.74, 6) is 1.67. The summed E-state index contributed by atoms with van der Waals surface area (Å²) in [4.78, 5) is 0. The number of hydrogen-bond donors (Lipinski definition) is 1. The fourth-order valence-electron chi connectivity index (χ4n) is 2.19. The molecule has 0 unspecified atom stereocenters. The van der Waals surface area contributed by atoms with Gasteiger partial charge in [0.15, 0.2) is 0 Å². The number of nitrogens with two attached hydrogens (primary N) is 1. The minimum atomic E-state index is 0.465.